The maximum atomic E-state index is 13.3. The fourth-order valence-corrected chi connectivity index (χ4v) is 3.20. The first-order valence-corrected chi connectivity index (χ1v) is 7.64. The van der Waals surface area contributed by atoms with Gasteiger partial charge in [0.1, 0.15) is 19.0 Å². The number of hydrogen-bond acceptors (Lipinski definition) is 4. The Labute approximate surface area is 127 Å². The number of benzene rings is 2. The van der Waals surface area contributed by atoms with Gasteiger partial charge in [-0.1, -0.05) is 11.8 Å². The van der Waals surface area contributed by atoms with E-state index >= 15 is 0 Å². The van der Waals surface area contributed by atoms with E-state index in [-0.39, 0.29) is 5.82 Å². The van der Waals surface area contributed by atoms with E-state index in [9.17, 15) is 4.39 Å². The summed E-state index contributed by atoms with van der Waals surface area (Å²) in [5.74, 6) is 1.30. The first-order valence-electron chi connectivity index (χ1n) is 6.82. The lowest BCUT2D eigenvalue weighted by Crippen LogP contribution is -2.15. The van der Waals surface area contributed by atoms with E-state index in [1.165, 1.54) is 6.07 Å². The molecule has 0 unspecified atom stereocenters. The molecular formula is C16H16FNO2S. The van der Waals surface area contributed by atoms with Crippen LogP contribution >= 0.6 is 11.8 Å². The first kappa shape index (κ1) is 14.2. The number of halogens is 1. The standard InChI is InChI=1S/C16H16FNO2S/c17-12-1-4-16(11(9-12)5-6-18)21-13-2-3-14-15(10-13)20-8-7-19-14/h1-4,9-10H,5-8,18H2. The van der Waals surface area contributed by atoms with E-state index in [2.05, 4.69) is 0 Å². The van der Waals surface area contributed by atoms with Gasteiger partial charge < -0.3 is 15.2 Å². The van der Waals surface area contributed by atoms with Gasteiger partial charge in [0, 0.05) is 9.79 Å². The monoisotopic (exact) mass is 305 g/mol. The van der Waals surface area contributed by atoms with Crippen LogP contribution in [0.5, 0.6) is 11.5 Å². The largest absolute Gasteiger partial charge is 0.486 e. The van der Waals surface area contributed by atoms with Crippen molar-refractivity contribution in [2.75, 3.05) is 19.8 Å². The normalized spacial score (nSPS) is 13.2. The van der Waals surface area contributed by atoms with Gasteiger partial charge in [0.25, 0.3) is 0 Å². The predicted molar refractivity (Wildman–Crippen MR) is 80.7 cm³/mol. The summed E-state index contributed by atoms with van der Waals surface area (Å²) in [5.41, 5.74) is 6.52. The van der Waals surface area contributed by atoms with Crippen LogP contribution in [0.25, 0.3) is 0 Å². The SMILES string of the molecule is NCCc1cc(F)ccc1Sc1ccc2c(c1)OCCO2. The van der Waals surface area contributed by atoms with Gasteiger partial charge in [-0.2, -0.15) is 0 Å². The lowest BCUT2D eigenvalue weighted by atomic mass is 10.1. The summed E-state index contributed by atoms with van der Waals surface area (Å²) in [6.07, 6.45) is 0.657. The van der Waals surface area contributed by atoms with Crippen LogP contribution in [0.2, 0.25) is 0 Å². The lowest BCUT2D eigenvalue weighted by Gasteiger charge is -2.19. The third-order valence-corrected chi connectivity index (χ3v) is 4.29. The smallest absolute Gasteiger partial charge is 0.162 e. The Morgan fingerprint density at radius 3 is 2.67 bits per heavy atom. The number of ether oxygens (including phenoxy) is 2. The molecule has 0 radical (unpaired) electrons. The van der Waals surface area contributed by atoms with Gasteiger partial charge in [-0.15, -0.1) is 0 Å². The molecule has 0 bridgehead atoms. The number of hydrogen-bond donors (Lipinski definition) is 1. The second-order valence-electron chi connectivity index (χ2n) is 4.70. The van der Waals surface area contributed by atoms with Crippen LogP contribution < -0.4 is 15.2 Å². The Hall–Kier alpha value is -1.72. The van der Waals surface area contributed by atoms with Crippen LogP contribution in [0, 0.1) is 5.82 Å². The summed E-state index contributed by atoms with van der Waals surface area (Å²) in [6.45, 7) is 1.65. The molecule has 3 rings (SSSR count). The highest BCUT2D eigenvalue weighted by atomic mass is 32.2. The molecule has 3 nitrogen and oxygen atoms in total. The zero-order chi connectivity index (χ0) is 14.7. The molecule has 0 aromatic heterocycles. The van der Waals surface area contributed by atoms with Gasteiger partial charge in [0.15, 0.2) is 11.5 Å². The van der Waals surface area contributed by atoms with Gasteiger partial charge >= 0.3 is 0 Å². The van der Waals surface area contributed by atoms with Crippen LogP contribution in [0.1, 0.15) is 5.56 Å². The van der Waals surface area contributed by atoms with Crippen LogP contribution in [0.4, 0.5) is 4.39 Å². The third-order valence-electron chi connectivity index (χ3n) is 3.18. The summed E-state index contributed by atoms with van der Waals surface area (Å²) in [7, 11) is 0. The highest BCUT2D eigenvalue weighted by Crippen LogP contribution is 2.38. The predicted octanol–water partition coefficient (Wildman–Crippen LogP) is 3.25. The maximum absolute atomic E-state index is 13.3. The molecule has 0 amide bonds. The average Bonchev–Trinajstić information content (AvgIpc) is 2.50. The Balaban J connectivity index is 1.86. The van der Waals surface area contributed by atoms with Crippen LogP contribution in [-0.2, 0) is 6.42 Å². The molecule has 0 spiro atoms. The molecule has 21 heavy (non-hydrogen) atoms. The highest BCUT2D eigenvalue weighted by Gasteiger charge is 2.13. The number of nitrogens with two attached hydrogens (primary N) is 1. The molecule has 110 valence electrons. The lowest BCUT2D eigenvalue weighted by molar-refractivity contribution is 0.171. The van der Waals surface area contributed by atoms with Crippen LogP contribution in [0.3, 0.4) is 0 Å². The molecule has 1 aliphatic heterocycles. The average molecular weight is 305 g/mol. The van der Waals surface area contributed by atoms with E-state index in [1.807, 2.05) is 18.2 Å². The molecule has 2 aromatic rings. The Bertz CT molecular complexity index is 648. The van der Waals surface area contributed by atoms with E-state index in [0.717, 1.165) is 26.9 Å². The fourth-order valence-electron chi connectivity index (χ4n) is 2.21. The van der Waals surface area contributed by atoms with Crippen molar-refractivity contribution >= 4 is 11.8 Å². The van der Waals surface area contributed by atoms with Gasteiger partial charge in [-0.25, -0.2) is 4.39 Å². The summed E-state index contributed by atoms with van der Waals surface area (Å²) in [5, 5.41) is 0. The second kappa shape index (κ2) is 6.37. The fraction of sp³-hybridized carbons (Fsp3) is 0.250. The van der Waals surface area contributed by atoms with Crippen molar-refractivity contribution in [3.63, 3.8) is 0 Å². The summed E-state index contributed by atoms with van der Waals surface area (Å²) >= 11 is 1.58. The van der Waals surface area contributed by atoms with Crippen molar-refractivity contribution in [3.05, 3.63) is 47.8 Å². The molecule has 0 saturated heterocycles. The zero-order valence-electron chi connectivity index (χ0n) is 11.5. The van der Waals surface area contributed by atoms with Gasteiger partial charge in [0.05, 0.1) is 0 Å². The van der Waals surface area contributed by atoms with Crippen molar-refractivity contribution in [2.45, 2.75) is 16.2 Å². The van der Waals surface area contributed by atoms with Crippen molar-refractivity contribution < 1.29 is 13.9 Å². The quantitative estimate of drug-likeness (QED) is 0.942. The summed E-state index contributed by atoms with van der Waals surface area (Å²) in [6, 6.07) is 10.7. The topological polar surface area (TPSA) is 44.5 Å². The minimum absolute atomic E-state index is 0.232. The van der Waals surface area contributed by atoms with Crippen LogP contribution in [-0.4, -0.2) is 19.8 Å². The van der Waals surface area contributed by atoms with E-state index in [4.69, 9.17) is 15.2 Å². The molecule has 2 N–H and O–H groups in total. The van der Waals surface area contributed by atoms with Gasteiger partial charge in [0.2, 0.25) is 0 Å². The first-order chi connectivity index (χ1) is 10.3. The molecule has 0 saturated carbocycles. The highest BCUT2D eigenvalue weighted by molar-refractivity contribution is 7.99. The molecule has 1 heterocycles. The maximum Gasteiger partial charge on any atom is 0.162 e. The Morgan fingerprint density at radius 2 is 1.86 bits per heavy atom. The second-order valence-corrected chi connectivity index (χ2v) is 5.81. The number of fused-ring (bicyclic) bond motifs is 1. The van der Waals surface area contributed by atoms with Crippen molar-refractivity contribution in [3.8, 4) is 11.5 Å². The third kappa shape index (κ3) is 3.31. The molecule has 2 aromatic carbocycles. The van der Waals surface area contributed by atoms with Gasteiger partial charge in [-0.3, -0.25) is 0 Å². The Kier molecular flexibility index (Phi) is 4.31. The van der Waals surface area contributed by atoms with Crippen molar-refractivity contribution in [1.29, 1.82) is 0 Å². The van der Waals surface area contributed by atoms with E-state index in [0.29, 0.717) is 26.2 Å². The van der Waals surface area contributed by atoms with Crippen LogP contribution in [0.15, 0.2) is 46.2 Å². The zero-order valence-corrected chi connectivity index (χ0v) is 12.3. The van der Waals surface area contributed by atoms with Crippen molar-refractivity contribution in [2.24, 2.45) is 5.73 Å². The molecule has 0 aliphatic carbocycles. The number of rotatable bonds is 4. The van der Waals surface area contributed by atoms with Crippen molar-refractivity contribution in [1.82, 2.24) is 0 Å². The van der Waals surface area contributed by atoms with E-state index in [1.54, 1.807) is 23.9 Å². The molecule has 0 fully saturated rings. The molecule has 0 atom stereocenters. The molecule has 5 heteroatoms. The Morgan fingerprint density at radius 1 is 1.05 bits per heavy atom. The molecular weight excluding hydrogens is 289 g/mol. The van der Waals surface area contributed by atoms with E-state index < -0.39 is 0 Å². The summed E-state index contributed by atoms with van der Waals surface area (Å²) in [4.78, 5) is 2.04. The van der Waals surface area contributed by atoms with Gasteiger partial charge in [-0.05, 0) is 54.9 Å². The molecule has 1 aliphatic rings. The minimum Gasteiger partial charge on any atom is -0.486 e. The summed E-state index contributed by atoms with van der Waals surface area (Å²) < 4.78 is 24.4. The minimum atomic E-state index is -0.232.